The molecule has 0 aromatic heterocycles. The van der Waals surface area contributed by atoms with E-state index in [1.54, 1.807) is 7.05 Å². The first-order valence-electron chi connectivity index (χ1n) is 6.16. The van der Waals surface area contributed by atoms with Crippen molar-refractivity contribution in [2.24, 2.45) is 11.7 Å². The molecule has 0 spiro atoms. The van der Waals surface area contributed by atoms with Crippen LogP contribution in [0.4, 0.5) is 0 Å². The summed E-state index contributed by atoms with van der Waals surface area (Å²) < 4.78 is 5.88. The number of hydrogen-bond acceptors (Lipinski definition) is 3. The van der Waals surface area contributed by atoms with Crippen molar-refractivity contribution in [3.63, 3.8) is 0 Å². The second-order valence-electron chi connectivity index (χ2n) is 4.86. The molecule has 1 rings (SSSR count). The van der Waals surface area contributed by atoms with Gasteiger partial charge in [0.05, 0.1) is 12.2 Å². The van der Waals surface area contributed by atoms with Crippen molar-refractivity contribution in [3.05, 3.63) is 0 Å². The van der Waals surface area contributed by atoms with E-state index in [0.717, 1.165) is 12.8 Å². The maximum Gasteiger partial charge on any atom is 0.222 e. The molecule has 1 aliphatic carbocycles. The van der Waals surface area contributed by atoms with Gasteiger partial charge in [-0.05, 0) is 18.8 Å². The zero-order valence-corrected chi connectivity index (χ0v) is 10.4. The van der Waals surface area contributed by atoms with Gasteiger partial charge < -0.3 is 15.8 Å². The molecule has 4 nitrogen and oxygen atoms in total. The quantitative estimate of drug-likeness (QED) is 0.739. The Balaban J connectivity index is 2.38. The monoisotopic (exact) mass is 228 g/mol. The third-order valence-electron chi connectivity index (χ3n) is 3.44. The average molecular weight is 228 g/mol. The minimum atomic E-state index is -0.175. The van der Waals surface area contributed by atoms with Gasteiger partial charge >= 0.3 is 0 Å². The van der Waals surface area contributed by atoms with E-state index in [2.05, 4.69) is 12.2 Å². The molecule has 4 heteroatoms. The summed E-state index contributed by atoms with van der Waals surface area (Å²) in [5, 5.41) is 2.59. The molecular weight excluding hydrogens is 204 g/mol. The lowest BCUT2D eigenvalue weighted by Crippen LogP contribution is -2.45. The lowest BCUT2D eigenvalue weighted by atomic mass is 9.79. The highest BCUT2D eigenvalue weighted by molar-refractivity contribution is 5.75. The molecule has 0 bridgehead atoms. The number of amides is 1. The highest BCUT2D eigenvalue weighted by atomic mass is 16.5. The zero-order valence-electron chi connectivity index (χ0n) is 10.4. The van der Waals surface area contributed by atoms with E-state index in [9.17, 15) is 4.79 Å². The van der Waals surface area contributed by atoms with Crippen LogP contribution in [0, 0.1) is 5.92 Å². The number of nitrogens with one attached hydrogen (secondary N) is 1. The van der Waals surface area contributed by atoms with Crippen molar-refractivity contribution >= 4 is 5.91 Å². The molecule has 1 amide bonds. The minimum absolute atomic E-state index is 0.0241. The second kappa shape index (κ2) is 6.21. The Hall–Kier alpha value is -0.610. The Kier molecular flexibility index (Phi) is 5.22. The van der Waals surface area contributed by atoms with E-state index in [4.69, 9.17) is 10.5 Å². The normalized spacial score (nSPS) is 30.1. The van der Waals surface area contributed by atoms with Crippen LogP contribution in [0.1, 0.15) is 39.0 Å². The van der Waals surface area contributed by atoms with Crippen LogP contribution in [0.15, 0.2) is 0 Å². The molecule has 0 aliphatic heterocycles. The number of hydrogen-bond donors (Lipinski definition) is 2. The van der Waals surface area contributed by atoms with Gasteiger partial charge in [0.15, 0.2) is 0 Å². The topological polar surface area (TPSA) is 64.3 Å². The van der Waals surface area contributed by atoms with Gasteiger partial charge in [0.25, 0.3) is 0 Å². The zero-order chi connectivity index (χ0) is 12.0. The van der Waals surface area contributed by atoms with Gasteiger partial charge in [-0.25, -0.2) is 0 Å². The van der Waals surface area contributed by atoms with Crippen LogP contribution in [-0.2, 0) is 9.53 Å². The lowest BCUT2D eigenvalue weighted by molar-refractivity contribution is -0.125. The summed E-state index contributed by atoms with van der Waals surface area (Å²) in [7, 11) is 1.64. The van der Waals surface area contributed by atoms with E-state index in [1.165, 1.54) is 12.8 Å². The highest BCUT2D eigenvalue weighted by Crippen LogP contribution is 2.34. The van der Waals surface area contributed by atoms with Crippen LogP contribution in [0.25, 0.3) is 0 Å². The Labute approximate surface area is 97.9 Å². The second-order valence-corrected chi connectivity index (χ2v) is 4.86. The molecule has 0 radical (unpaired) electrons. The number of rotatable bonds is 5. The van der Waals surface area contributed by atoms with Crippen LogP contribution < -0.4 is 11.1 Å². The van der Waals surface area contributed by atoms with Crippen LogP contribution in [0.2, 0.25) is 0 Å². The first kappa shape index (κ1) is 13.5. The van der Waals surface area contributed by atoms with Crippen LogP contribution in [0.5, 0.6) is 0 Å². The molecule has 3 N–H and O–H groups in total. The maximum atomic E-state index is 11.1. The molecule has 2 unspecified atom stereocenters. The summed E-state index contributed by atoms with van der Waals surface area (Å²) in [4.78, 5) is 11.1. The van der Waals surface area contributed by atoms with E-state index in [1.807, 2.05) is 0 Å². The number of carbonyl (C=O) groups excluding carboxylic acids is 1. The van der Waals surface area contributed by atoms with E-state index >= 15 is 0 Å². The fourth-order valence-corrected chi connectivity index (χ4v) is 2.47. The molecule has 16 heavy (non-hydrogen) atoms. The molecule has 0 heterocycles. The van der Waals surface area contributed by atoms with Gasteiger partial charge in [-0.3, -0.25) is 4.79 Å². The standard InChI is InChI=1S/C12H24N2O2/c1-10-4-3-6-12(8-10,9-13)16-7-5-11(15)14-2/h10H,3-9,13H2,1-2H3,(H,14,15). The smallest absolute Gasteiger partial charge is 0.222 e. The van der Waals surface area contributed by atoms with Gasteiger partial charge in [-0.1, -0.05) is 19.8 Å². The van der Waals surface area contributed by atoms with Crippen molar-refractivity contribution in [2.45, 2.75) is 44.6 Å². The van der Waals surface area contributed by atoms with Gasteiger partial charge in [0.1, 0.15) is 0 Å². The maximum absolute atomic E-state index is 11.1. The van der Waals surface area contributed by atoms with Gasteiger partial charge in [0, 0.05) is 20.0 Å². The fourth-order valence-electron chi connectivity index (χ4n) is 2.47. The van der Waals surface area contributed by atoms with Crippen molar-refractivity contribution in [2.75, 3.05) is 20.2 Å². The summed E-state index contributed by atoms with van der Waals surface area (Å²) in [5.41, 5.74) is 5.65. The molecule has 94 valence electrons. The van der Waals surface area contributed by atoms with Crippen LogP contribution in [0.3, 0.4) is 0 Å². The Morgan fingerprint density at radius 2 is 2.38 bits per heavy atom. The summed E-state index contributed by atoms with van der Waals surface area (Å²) in [6.45, 7) is 3.28. The highest BCUT2D eigenvalue weighted by Gasteiger charge is 2.34. The third kappa shape index (κ3) is 3.76. The predicted molar refractivity (Wildman–Crippen MR) is 64.1 cm³/mol. The van der Waals surface area contributed by atoms with Crippen molar-refractivity contribution in [3.8, 4) is 0 Å². The van der Waals surface area contributed by atoms with Gasteiger partial charge in [0.2, 0.25) is 5.91 Å². The Bertz CT molecular complexity index is 233. The number of carbonyl (C=O) groups is 1. The number of nitrogens with two attached hydrogens (primary N) is 1. The van der Waals surface area contributed by atoms with E-state index in [-0.39, 0.29) is 11.5 Å². The van der Waals surface area contributed by atoms with Crippen LogP contribution >= 0.6 is 0 Å². The molecule has 0 aromatic rings. The molecule has 1 saturated carbocycles. The minimum Gasteiger partial charge on any atom is -0.373 e. The number of ether oxygens (including phenoxy) is 1. The predicted octanol–water partition coefficient (Wildman–Crippen LogP) is 1.05. The Morgan fingerprint density at radius 3 is 2.94 bits per heavy atom. The molecule has 2 atom stereocenters. The van der Waals surface area contributed by atoms with Crippen molar-refractivity contribution in [1.29, 1.82) is 0 Å². The molecule has 0 saturated heterocycles. The SMILES string of the molecule is CNC(=O)CCOC1(CN)CCCC(C)C1. The first-order chi connectivity index (χ1) is 7.62. The third-order valence-corrected chi connectivity index (χ3v) is 3.44. The molecule has 1 aliphatic rings. The van der Waals surface area contributed by atoms with Gasteiger partial charge in [-0.2, -0.15) is 0 Å². The summed E-state index contributed by atoms with van der Waals surface area (Å²) in [6, 6.07) is 0. The Morgan fingerprint density at radius 1 is 1.62 bits per heavy atom. The summed E-state index contributed by atoms with van der Waals surface area (Å²) in [6.07, 6.45) is 4.92. The summed E-state index contributed by atoms with van der Waals surface area (Å²) in [5.74, 6) is 0.702. The van der Waals surface area contributed by atoms with Crippen molar-refractivity contribution < 1.29 is 9.53 Å². The van der Waals surface area contributed by atoms with E-state index in [0.29, 0.717) is 25.5 Å². The first-order valence-corrected chi connectivity index (χ1v) is 6.16. The van der Waals surface area contributed by atoms with E-state index < -0.39 is 0 Å². The average Bonchev–Trinajstić information content (AvgIpc) is 2.29. The fraction of sp³-hybridized carbons (Fsp3) is 0.917. The largest absolute Gasteiger partial charge is 0.373 e. The molecular formula is C12H24N2O2. The lowest BCUT2D eigenvalue weighted by Gasteiger charge is -2.39. The molecule has 0 aromatic carbocycles. The van der Waals surface area contributed by atoms with Crippen LogP contribution in [-0.4, -0.2) is 31.7 Å². The molecule has 1 fully saturated rings. The van der Waals surface area contributed by atoms with Crippen molar-refractivity contribution in [1.82, 2.24) is 5.32 Å². The summed E-state index contributed by atoms with van der Waals surface area (Å²) >= 11 is 0. The van der Waals surface area contributed by atoms with Gasteiger partial charge in [-0.15, -0.1) is 0 Å².